The molecule has 2 aliphatic carbocycles. The van der Waals surface area contributed by atoms with Crippen LogP contribution >= 0.6 is 39.1 Å². The van der Waals surface area contributed by atoms with Gasteiger partial charge in [-0.25, -0.2) is 4.90 Å². The molecule has 2 saturated heterocycles. The number of phenols is 1. The number of rotatable bonds is 5. The molecular weight excluding hydrogens is 657 g/mol. The van der Waals surface area contributed by atoms with Crippen molar-refractivity contribution >= 4 is 74.1 Å². The minimum absolute atomic E-state index is 0.0535. The van der Waals surface area contributed by atoms with Crippen molar-refractivity contribution in [2.24, 2.45) is 17.8 Å². The van der Waals surface area contributed by atoms with Gasteiger partial charge in [-0.05, 0) is 30.9 Å². The SMILES string of the molecule is COc1cccc([C@H]2C3=CC[C@@H]4C(=O)N(c5cccc([N+](=O)[O-])c5)C(=O)[C@@H]4[C@@H]3C[C@@]3(Cl)C(=O)N(CBr)C(=O)[C@@]23Cl)c1O. The number of hydrogen-bond donors (Lipinski definition) is 1. The van der Waals surface area contributed by atoms with Gasteiger partial charge in [-0.15, -0.1) is 23.2 Å². The molecule has 42 heavy (non-hydrogen) atoms. The number of nitro benzene ring substituents is 1. The number of nitro groups is 1. The summed E-state index contributed by atoms with van der Waals surface area (Å²) in [5.74, 6) is -6.70. The lowest BCUT2D eigenvalue weighted by molar-refractivity contribution is -0.384. The summed E-state index contributed by atoms with van der Waals surface area (Å²) in [5.41, 5.74) is 0.250. The first-order valence-corrected chi connectivity index (χ1v) is 14.8. The molecule has 11 nitrogen and oxygen atoms in total. The summed E-state index contributed by atoms with van der Waals surface area (Å²) in [4.78, 5) is 63.7. The fourth-order valence-corrected chi connectivity index (χ4v) is 8.45. The van der Waals surface area contributed by atoms with Gasteiger partial charge >= 0.3 is 0 Å². The van der Waals surface area contributed by atoms with Crippen LogP contribution in [0.25, 0.3) is 0 Å². The van der Waals surface area contributed by atoms with E-state index in [1.165, 1.54) is 31.4 Å². The van der Waals surface area contributed by atoms with Crippen molar-refractivity contribution < 1.29 is 33.9 Å². The quantitative estimate of drug-likeness (QED) is 0.123. The lowest BCUT2D eigenvalue weighted by Gasteiger charge is -2.50. The van der Waals surface area contributed by atoms with Crippen molar-refractivity contribution in [1.29, 1.82) is 0 Å². The van der Waals surface area contributed by atoms with Crippen molar-refractivity contribution in [3.05, 3.63) is 69.8 Å². The molecule has 0 unspecified atom stereocenters. The predicted molar refractivity (Wildman–Crippen MR) is 154 cm³/mol. The number of anilines is 1. The molecule has 4 amide bonds. The summed E-state index contributed by atoms with van der Waals surface area (Å²) >= 11 is 17.5. The Balaban J connectivity index is 1.52. The molecule has 6 rings (SSSR count). The van der Waals surface area contributed by atoms with Crippen molar-refractivity contribution in [3.8, 4) is 11.5 Å². The zero-order valence-electron chi connectivity index (χ0n) is 21.8. The molecule has 0 radical (unpaired) electrons. The van der Waals surface area contributed by atoms with Gasteiger partial charge in [0.2, 0.25) is 11.8 Å². The molecule has 1 N–H and O–H groups in total. The zero-order valence-corrected chi connectivity index (χ0v) is 24.9. The molecule has 2 aromatic rings. The van der Waals surface area contributed by atoms with Crippen LogP contribution in [0, 0.1) is 27.9 Å². The number of halogens is 3. The van der Waals surface area contributed by atoms with Crippen LogP contribution in [0.1, 0.15) is 24.3 Å². The van der Waals surface area contributed by atoms with Crippen molar-refractivity contribution in [2.75, 3.05) is 17.5 Å². The van der Waals surface area contributed by atoms with E-state index in [0.717, 1.165) is 15.9 Å². The fraction of sp³-hybridized carbons (Fsp3) is 0.357. The summed E-state index contributed by atoms with van der Waals surface area (Å²) in [6.45, 7) is 0. The minimum atomic E-state index is -2.08. The Kier molecular flexibility index (Phi) is 6.67. The summed E-state index contributed by atoms with van der Waals surface area (Å²) in [7, 11) is 1.36. The van der Waals surface area contributed by atoms with Gasteiger partial charge in [0.1, 0.15) is 0 Å². The van der Waals surface area contributed by atoms with Crippen LogP contribution in [0.15, 0.2) is 54.1 Å². The number of non-ortho nitro benzene ring substituents is 1. The smallest absolute Gasteiger partial charge is 0.271 e. The van der Waals surface area contributed by atoms with E-state index in [9.17, 15) is 34.4 Å². The number of para-hydroxylation sites is 1. The Hall–Kier alpha value is -3.48. The number of carbonyl (C=O) groups excluding carboxylic acids is 4. The van der Waals surface area contributed by atoms with Gasteiger partial charge in [-0.3, -0.25) is 34.2 Å². The molecule has 0 aromatic heterocycles. The second-order valence-electron chi connectivity index (χ2n) is 10.7. The van der Waals surface area contributed by atoms with E-state index < -0.39 is 62.0 Å². The first-order chi connectivity index (χ1) is 19.9. The van der Waals surface area contributed by atoms with Gasteiger partial charge in [0.15, 0.2) is 21.2 Å². The van der Waals surface area contributed by atoms with Gasteiger partial charge < -0.3 is 9.84 Å². The number of allylic oxidation sites excluding steroid dienone is 2. The van der Waals surface area contributed by atoms with Gasteiger partial charge in [-0.2, -0.15) is 0 Å². The van der Waals surface area contributed by atoms with E-state index in [0.29, 0.717) is 5.57 Å². The minimum Gasteiger partial charge on any atom is -0.504 e. The summed E-state index contributed by atoms with van der Waals surface area (Å²) in [6, 6.07) is 9.88. The lowest BCUT2D eigenvalue weighted by atomic mass is 9.56. The first-order valence-electron chi connectivity index (χ1n) is 12.9. The molecule has 2 aliphatic heterocycles. The molecule has 2 heterocycles. The largest absolute Gasteiger partial charge is 0.504 e. The molecule has 0 spiro atoms. The zero-order chi connectivity index (χ0) is 30.3. The summed E-state index contributed by atoms with van der Waals surface area (Å²) in [5, 5.41) is 22.6. The van der Waals surface area contributed by atoms with Crippen LogP contribution in [-0.4, -0.2) is 60.9 Å². The number of fused-ring (bicyclic) bond motifs is 4. The van der Waals surface area contributed by atoms with E-state index in [2.05, 4.69) is 15.9 Å². The van der Waals surface area contributed by atoms with Crippen LogP contribution in [-0.2, 0) is 19.2 Å². The molecule has 0 bridgehead atoms. The number of carbonyl (C=O) groups is 4. The molecular formula is C28H22BrCl2N3O8. The van der Waals surface area contributed by atoms with Crippen molar-refractivity contribution in [2.45, 2.75) is 28.5 Å². The number of imide groups is 2. The van der Waals surface area contributed by atoms with Gasteiger partial charge in [-0.1, -0.05) is 45.8 Å². The molecule has 14 heteroatoms. The van der Waals surface area contributed by atoms with Gasteiger partial charge in [0, 0.05) is 23.6 Å². The Morgan fingerprint density at radius 1 is 1.10 bits per heavy atom. The van der Waals surface area contributed by atoms with Crippen LogP contribution < -0.4 is 9.64 Å². The number of hydrogen-bond acceptors (Lipinski definition) is 8. The van der Waals surface area contributed by atoms with Crippen LogP contribution in [0.4, 0.5) is 11.4 Å². The molecule has 6 atom stereocenters. The average molecular weight is 679 g/mol. The number of amides is 4. The maximum Gasteiger partial charge on any atom is 0.271 e. The highest BCUT2D eigenvalue weighted by Gasteiger charge is 2.76. The average Bonchev–Trinajstić information content (AvgIpc) is 3.31. The number of ether oxygens (including phenoxy) is 1. The standard InChI is InChI=1S/C28H22BrCl2N3O8/c1-42-19-7-3-6-17(22(19)35)21-15-8-9-16-20(18(15)11-27(30)25(38)32(12-29)26(39)28(21,27)31)24(37)33(23(16)36)13-4-2-5-14(10-13)34(40)41/h2-8,10,16,18,20-21,35H,9,11-12H2,1H3/t16-,18+,20-,21+,27+,28-/m0/s1. The highest BCUT2D eigenvalue weighted by atomic mass is 79.9. The first kappa shape index (κ1) is 28.6. The molecule has 218 valence electrons. The van der Waals surface area contributed by atoms with Crippen LogP contribution in [0.3, 0.4) is 0 Å². The van der Waals surface area contributed by atoms with E-state index in [-0.39, 0.29) is 46.7 Å². The van der Waals surface area contributed by atoms with E-state index >= 15 is 0 Å². The molecule has 2 aromatic carbocycles. The third kappa shape index (κ3) is 3.58. The maximum atomic E-state index is 14.0. The molecule has 3 fully saturated rings. The summed E-state index contributed by atoms with van der Waals surface area (Å²) in [6.07, 6.45) is 1.59. The Morgan fingerprint density at radius 3 is 2.48 bits per heavy atom. The number of nitrogens with zero attached hydrogens (tertiary/aromatic N) is 3. The molecule has 1 saturated carbocycles. The van der Waals surface area contributed by atoms with Gasteiger partial charge in [0.05, 0.1) is 35.0 Å². The monoisotopic (exact) mass is 677 g/mol. The second kappa shape index (κ2) is 9.78. The summed E-state index contributed by atoms with van der Waals surface area (Å²) < 4.78 is 5.29. The van der Waals surface area contributed by atoms with Crippen LogP contribution in [0.2, 0.25) is 0 Å². The Bertz CT molecular complexity index is 1630. The lowest BCUT2D eigenvalue weighted by Crippen LogP contribution is -2.60. The van der Waals surface area contributed by atoms with Crippen molar-refractivity contribution in [1.82, 2.24) is 4.90 Å². The number of likely N-dealkylation sites (tertiary alicyclic amines) is 1. The number of methoxy groups -OCH3 is 1. The van der Waals surface area contributed by atoms with E-state index in [1.54, 1.807) is 18.2 Å². The Labute approximate surface area is 257 Å². The maximum absolute atomic E-state index is 14.0. The number of alkyl halides is 3. The number of phenolic OH excluding ortho intramolecular Hbond substituents is 1. The number of aromatic hydroxyl groups is 1. The van der Waals surface area contributed by atoms with E-state index in [1.807, 2.05) is 0 Å². The van der Waals surface area contributed by atoms with E-state index in [4.69, 9.17) is 27.9 Å². The highest BCUT2D eigenvalue weighted by Crippen LogP contribution is 2.66. The van der Waals surface area contributed by atoms with Crippen molar-refractivity contribution in [3.63, 3.8) is 0 Å². The molecule has 4 aliphatic rings. The topological polar surface area (TPSA) is 147 Å². The fourth-order valence-electron chi connectivity index (χ4n) is 7.04. The third-order valence-electron chi connectivity index (χ3n) is 8.87. The number of benzene rings is 2. The second-order valence-corrected chi connectivity index (χ2v) is 12.4. The normalized spacial score (nSPS) is 32.0. The predicted octanol–water partition coefficient (Wildman–Crippen LogP) is 4.22. The highest BCUT2D eigenvalue weighted by molar-refractivity contribution is 9.09. The third-order valence-corrected chi connectivity index (χ3v) is 10.8. The Morgan fingerprint density at radius 2 is 1.81 bits per heavy atom. The van der Waals surface area contributed by atoms with Crippen LogP contribution in [0.5, 0.6) is 11.5 Å². The van der Waals surface area contributed by atoms with Gasteiger partial charge in [0.25, 0.3) is 17.5 Å².